The molecule has 2 N–H and O–H groups in total. The first-order valence-corrected chi connectivity index (χ1v) is 8.80. The zero-order chi connectivity index (χ0) is 16.8. The highest BCUT2D eigenvalue weighted by atomic mass is 32.1. The van der Waals surface area contributed by atoms with Crippen molar-refractivity contribution in [2.45, 2.75) is 51.1 Å². The fraction of sp³-hybridized carbons (Fsp3) is 0.562. The molecule has 1 saturated heterocycles. The van der Waals surface area contributed by atoms with Gasteiger partial charge >= 0.3 is 5.97 Å². The molecule has 2 amide bonds. The van der Waals surface area contributed by atoms with Crippen molar-refractivity contribution < 1.29 is 19.5 Å². The maximum absolute atomic E-state index is 12.5. The highest BCUT2D eigenvalue weighted by Gasteiger charge is 2.36. The number of hydrogen-bond donors (Lipinski definition) is 2. The van der Waals surface area contributed by atoms with E-state index in [1.807, 2.05) is 12.3 Å². The highest BCUT2D eigenvalue weighted by molar-refractivity contribution is 7.12. The van der Waals surface area contributed by atoms with Gasteiger partial charge in [0.05, 0.1) is 4.88 Å². The van der Waals surface area contributed by atoms with Gasteiger partial charge in [0, 0.05) is 6.54 Å². The lowest BCUT2D eigenvalue weighted by molar-refractivity contribution is -0.142. The average Bonchev–Trinajstić information content (AvgIpc) is 3.21. The van der Waals surface area contributed by atoms with Crippen LogP contribution in [0.4, 0.5) is 0 Å². The fourth-order valence-corrected chi connectivity index (χ4v) is 3.44. The summed E-state index contributed by atoms with van der Waals surface area (Å²) in [6.45, 7) is 2.50. The zero-order valence-corrected chi connectivity index (χ0v) is 14.0. The molecule has 1 aromatic rings. The summed E-state index contributed by atoms with van der Waals surface area (Å²) >= 11 is 1.34. The van der Waals surface area contributed by atoms with Crippen molar-refractivity contribution in [3.05, 3.63) is 22.4 Å². The molecule has 0 radical (unpaired) electrons. The molecule has 126 valence electrons. The van der Waals surface area contributed by atoms with E-state index in [0.717, 1.165) is 19.3 Å². The summed E-state index contributed by atoms with van der Waals surface area (Å²) in [6.07, 6.45) is 3.33. The van der Waals surface area contributed by atoms with Crippen LogP contribution in [0.2, 0.25) is 0 Å². The van der Waals surface area contributed by atoms with Crippen molar-refractivity contribution in [1.82, 2.24) is 10.2 Å². The number of unbranched alkanes of at least 4 members (excludes halogenated alkanes) is 1. The molecule has 2 atom stereocenters. The van der Waals surface area contributed by atoms with E-state index in [4.69, 9.17) is 0 Å². The molecule has 1 aromatic heterocycles. The summed E-state index contributed by atoms with van der Waals surface area (Å²) < 4.78 is 0. The topological polar surface area (TPSA) is 86.7 Å². The maximum Gasteiger partial charge on any atom is 0.326 e. The number of thiophene rings is 1. The summed E-state index contributed by atoms with van der Waals surface area (Å²) in [5, 5.41) is 13.6. The number of rotatable bonds is 7. The Morgan fingerprint density at radius 3 is 2.87 bits per heavy atom. The van der Waals surface area contributed by atoms with Gasteiger partial charge in [-0.2, -0.15) is 0 Å². The van der Waals surface area contributed by atoms with Gasteiger partial charge in [-0.3, -0.25) is 9.59 Å². The fourth-order valence-electron chi connectivity index (χ4n) is 2.76. The molecule has 1 aliphatic rings. The first kappa shape index (κ1) is 17.5. The van der Waals surface area contributed by atoms with Gasteiger partial charge < -0.3 is 15.3 Å². The number of nitrogens with one attached hydrogen (secondary N) is 1. The van der Waals surface area contributed by atoms with Gasteiger partial charge in [-0.05, 0) is 30.7 Å². The molecule has 6 nitrogen and oxygen atoms in total. The van der Waals surface area contributed by atoms with Crippen molar-refractivity contribution >= 4 is 29.1 Å². The van der Waals surface area contributed by atoms with Crippen molar-refractivity contribution in [3.8, 4) is 0 Å². The summed E-state index contributed by atoms with van der Waals surface area (Å²) in [6, 6.07) is 2.07. The van der Waals surface area contributed by atoms with Crippen LogP contribution in [-0.2, 0) is 9.59 Å². The predicted molar refractivity (Wildman–Crippen MR) is 87.5 cm³/mol. The predicted octanol–water partition coefficient (Wildman–Crippen LogP) is 2.11. The third-order valence-corrected chi connectivity index (χ3v) is 4.87. The molecule has 1 aliphatic heterocycles. The molecule has 2 rings (SSSR count). The van der Waals surface area contributed by atoms with Crippen molar-refractivity contribution in [2.24, 2.45) is 0 Å². The van der Waals surface area contributed by atoms with Crippen LogP contribution in [0.3, 0.4) is 0 Å². The lowest BCUT2D eigenvalue weighted by Crippen LogP contribution is -2.50. The second-order valence-corrected chi connectivity index (χ2v) is 6.62. The first-order valence-electron chi connectivity index (χ1n) is 7.92. The van der Waals surface area contributed by atoms with Crippen LogP contribution in [-0.4, -0.2) is 46.4 Å². The van der Waals surface area contributed by atoms with Crippen LogP contribution in [0.25, 0.3) is 0 Å². The molecule has 23 heavy (non-hydrogen) atoms. The Morgan fingerprint density at radius 1 is 1.48 bits per heavy atom. The molecule has 2 heterocycles. The number of hydrogen-bond acceptors (Lipinski definition) is 4. The first-order chi connectivity index (χ1) is 11.0. The standard InChI is InChI=1S/C16H22N2O4S/c1-2-3-6-11(16(21)22)17-14(19)12-7-4-9-18(12)15(20)13-8-5-10-23-13/h5,8,10-12H,2-4,6-7,9H2,1H3,(H,17,19)(H,21,22)/t11-,12-/m0/s1. The van der Waals surface area contributed by atoms with Crippen LogP contribution in [0, 0.1) is 0 Å². The van der Waals surface area contributed by atoms with E-state index in [0.29, 0.717) is 24.3 Å². The Bertz CT molecular complexity index is 558. The summed E-state index contributed by atoms with van der Waals surface area (Å²) in [4.78, 5) is 38.3. The minimum atomic E-state index is -1.03. The second kappa shape index (κ2) is 8.10. The summed E-state index contributed by atoms with van der Waals surface area (Å²) in [5.74, 6) is -1.55. The Labute approximate surface area is 139 Å². The van der Waals surface area contributed by atoms with Crippen LogP contribution in [0.1, 0.15) is 48.7 Å². The molecule has 0 aromatic carbocycles. The summed E-state index contributed by atoms with van der Waals surface area (Å²) in [7, 11) is 0. The molecule has 0 spiro atoms. The largest absolute Gasteiger partial charge is 0.480 e. The van der Waals surface area contributed by atoms with Crippen LogP contribution < -0.4 is 5.32 Å². The average molecular weight is 338 g/mol. The van der Waals surface area contributed by atoms with Crippen molar-refractivity contribution in [1.29, 1.82) is 0 Å². The number of likely N-dealkylation sites (tertiary alicyclic amines) is 1. The van der Waals surface area contributed by atoms with E-state index in [-0.39, 0.29) is 11.8 Å². The number of nitrogens with zero attached hydrogens (tertiary/aromatic N) is 1. The number of carboxylic acid groups (broad SMARTS) is 1. The third-order valence-electron chi connectivity index (χ3n) is 4.01. The molecule has 0 saturated carbocycles. The van der Waals surface area contributed by atoms with Crippen molar-refractivity contribution in [3.63, 3.8) is 0 Å². The molecular weight excluding hydrogens is 316 g/mol. The number of carbonyl (C=O) groups excluding carboxylic acids is 2. The van der Waals surface area contributed by atoms with Gasteiger partial charge in [0.25, 0.3) is 5.91 Å². The van der Waals surface area contributed by atoms with E-state index < -0.39 is 18.1 Å². The van der Waals surface area contributed by atoms with Crippen LogP contribution >= 0.6 is 11.3 Å². The minimum absolute atomic E-state index is 0.155. The lowest BCUT2D eigenvalue weighted by Gasteiger charge is -2.25. The van der Waals surface area contributed by atoms with Gasteiger partial charge in [-0.15, -0.1) is 11.3 Å². The molecular formula is C16H22N2O4S. The Balaban J connectivity index is 2.02. The van der Waals surface area contributed by atoms with Gasteiger partial charge in [0.1, 0.15) is 12.1 Å². The smallest absolute Gasteiger partial charge is 0.326 e. The Hall–Kier alpha value is -1.89. The molecule has 7 heteroatoms. The van der Waals surface area contributed by atoms with E-state index in [1.165, 1.54) is 11.3 Å². The Morgan fingerprint density at radius 2 is 2.26 bits per heavy atom. The van der Waals surface area contributed by atoms with E-state index in [2.05, 4.69) is 5.32 Å². The van der Waals surface area contributed by atoms with E-state index >= 15 is 0 Å². The lowest BCUT2D eigenvalue weighted by atomic mass is 10.1. The maximum atomic E-state index is 12.5. The van der Waals surface area contributed by atoms with Crippen LogP contribution in [0.15, 0.2) is 17.5 Å². The third kappa shape index (κ3) is 4.31. The molecule has 0 bridgehead atoms. The highest BCUT2D eigenvalue weighted by Crippen LogP contribution is 2.22. The summed E-state index contributed by atoms with van der Waals surface area (Å²) in [5.41, 5.74) is 0. The second-order valence-electron chi connectivity index (χ2n) is 5.68. The molecule has 1 fully saturated rings. The number of aliphatic carboxylic acids is 1. The van der Waals surface area contributed by atoms with E-state index in [1.54, 1.807) is 17.0 Å². The quantitative estimate of drug-likeness (QED) is 0.797. The van der Waals surface area contributed by atoms with Gasteiger partial charge in [0.15, 0.2) is 0 Å². The molecule has 0 aliphatic carbocycles. The van der Waals surface area contributed by atoms with Gasteiger partial charge in [0.2, 0.25) is 5.91 Å². The monoisotopic (exact) mass is 338 g/mol. The number of carbonyl (C=O) groups is 3. The SMILES string of the molecule is CCCC[C@H](NC(=O)[C@@H]1CCCN1C(=O)c1cccs1)C(=O)O. The number of carboxylic acids is 1. The molecule has 0 unspecified atom stereocenters. The van der Waals surface area contributed by atoms with Gasteiger partial charge in [-0.25, -0.2) is 4.79 Å². The minimum Gasteiger partial charge on any atom is -0.480 e. The van der Waals surface area contributed by atoms with Crippen LogP contribution in [0.5, 0.6) is 0 Å². The number of amides is 2. The normalized spacial score (nSPS) is 18.7. The van der Waals surface area contributed by atoms with E-state index in [9.17, 15) is 19.5 Å². The van der Waals surface area contributed by atoms with Gasteiger partial charge in [-0.1, -0.05) is 25.8 Å². The zero-order valence-electron chi connectivity index (χ0n) is 13.2. The van der Waals surface area contributed by atoms with Crippen molar-refractivity contribution in [2.75, 3.05) is 6.54 Å². The Kier molecular flexibility index (Phi) is 6.15.